The van der Waals surface area contributed by atoms with Crippen molar-refractivity contribution in [2.75, 3.05) is 6.61 Å². The van der Waals surface area contributed by atoms with Crippen molar-refractivity contribution in [3.05, 3.63) is 71.6 Å². The molecule has 0 fully saturated rings. The Bertz CT molecular complexity index is 899. The van der Waals surface area contributed by atoms with Crippen LogP contribution in [0.1, 0.15) is 37.3 Å². The van der Waals surface area contributed by atoms with Gasteiger partial charge in [0.1, 0.15) is 11.6 Å². The first-order valence-electron chi connectivity index (χ1n) is 9.43. The van der Waals surface area contributed by atoms with Gasteiger partial charge >= 0.3 is 0 Å². The number of thiocarbonyl (C=S) groups is 1. The van der Waals surface area contributed by atoms with E-state index in [1.807, 2.05) is 24.3 Å². The quantitative estimate of drug-likeness (QED) is 0.357. The average Bonchev–Trinajstić information content (AvgIpc) is 2.75. The maximum atomic E-state index is 12.8. The highest BCUT2D eigenvalue weighted by atomic mass is 32.1. The molecule has 0 bridgehead atoms. The molecule has 2 rings (SSSR count). The number of hydrazine groups is 1. The Labute approximate surface area is 180 Å². The lowest BCUT2D eigenvalue weighted by atomic mass is 9.99. The SMILES string of the molecule is CCC(C)c1ccc(OCC(=O)NNC(=S)NC(=O)/C=C/c2ccc(F)cc2)cc1. The van der Waals surface area contributed by atoms with E-state index in [1.165, 1.54) is 42.0 Å². The van der Waals surface area contributed by atoms with Crippen molar-refractivity contribution >= 4 is 35.2 Å². The summed E-state index contributed by atoms with van der Waals surface area (Å²) in [7, 11) is 0. The van der Waals surface area contributed by atoms with E-state index in [1.54, 1.807) is 0 Å². The summed E-state index contributed by atoms with van der Waals surface area (Å²) in [6.45, 7) is 4.06. The summed E-state index contributed by atoms with van der Waals surface area (Å²) in [6, 6.07) is 13.2. The number of hydrogen-bond acceptors (Lipinski definition) is 4. The lowest BCUT2D eigenvalue weighted by Crippen LogP contribution is -2.49. The second kappa shape index (κ2) is 11.7. The number of ether oxygens (including phenoxy) is 1. The summed E-state index contributed by atoms with van der Waals surface area (Å²) in [5, 5.41) is 2.30. The highest BCUT2D eigenvalue weighted by Crippen LogP contribution is 2.21. The number of hydrogen-bond donors (Lipinski definition) is 3. The van der Waals surface area contributed by atoms with Gasteiger partial charge in [-0.3, -0.25) is 25.8 Å². The van der Waals surface area contributed by atoms with Crippen LogP contribution in [-0.4, -0.2) is 23.5 Å². The second-order valence-electron chi connectivity index (χ2n) is 6.54. The fourth-order valence-corrected chi connectivity index (χ4v) is 2.52. The Kier molecular flexibility index (Phi) is 8.96. The van der Waals surface area contributed by atoms with Gasteiger partial charge in [-0.1, -0.05) is 38.1 Å². The van der Waals surface area contributed by atoms with Crippen LogP contribution in [0.3, 0.4) is 0 Å². The van der Waals surface area contributed by atoms with Crippen molar-refractivity contribution in [3.63, 3.8) is 0 Å². The fraction of sp³-hybridized carbons (Fsp3) is 0.227. The van der Waals surface area contributed by atoms with Crippen molar-refractivity contribution in [1.82, 2.24) is 16.2 Å². The predicted molar refractivity (Wildman–Crippen MR) is 118 cm³/mol. The van der Waals surface area contributed by atoms with E-state index in [2.05, 4.69) is 30.0 Å². The molecule has 0 aliphatic rings. The molecule has 1 unspecified atom stereocenters. The molecule has 3 N–H and O–H groups in total. The van der Waals surface area contributed by atoms with Gasteiger partial charge in [0.2, 0.25) is 5.91 Å². The summed E-state index contributed by atoms with van der Waals surface area (Å²) < 4.78 is 18.3. The third-order valence-corrected chi connectivity index (χ3v) is 4.48. The molecule has 8 heteroatoms. The van der Waals surface area contributed by atoms with Crippen LogP contribution in [-0.2, 0) is 9.59 Å². The second-order valence-corrected chi connectivity index (χ2v) is 6.95. The first kappa shape index (κ1) is 23.0. The molecule has 0 saturated heterocycles. The molecule has 2 aromatic carbocycles. The van der Waals surface area contributed by atoms with Gasteiger partial charge in [0.05, 0.1) is 0 Å². The minimum absolute atomic E-state index is 0.0741. The van der Waals surface area contributed by atoms with Crippen LogP contribution in [0.4, 0.5) is 4.39 Å². The van der Waals surface area contributed by atoms with E-state index in [0.717, 1.165) is 6.42 Å². The van der Waals surface area contributed by atoms with Crippen LogP contribution in [0, 0.1) is 5.82 Å². The van der Waals surface area contributed by atoms with Crippen LogP contribution in [0.5, 0.6) is 5.75 Å². The van der Waals surface area contributed by atoms with E-state index >= 15 is 0 Å². The molecule has 0 aliphatic carbocycles. The lowest BCUT2D eigenvalue weighted by molar-refractivity contribution is -0.123. The first-order chi connectivity index (χ1) is 14.4. The topological polar surface area (TPSA) is 79.5 Å². The van der Waals surface area contributed by atoms with Gasteiger partial charge < -0.3 is 4.74 Å². The van der Waals surface area contributed by atoms with E-state index in [-0.39, 0.29) is 17.5 Å². The highest BCUT2D eigenvalue weighted by Gasteiger charge is 2.06. The first-order valence-corrected chi connectivity index (χ1v) is 9.84. The number of carbonyl (C=O) groups excluding carboxylic acids is 2. The highest BCUT2D eigenvalue weighted by molar-refractivity contribution is 7.80. The molecule has 158 valence electrons. The lowest BCUT2D eigenvalue weighted by Gasteiger charge is -2.12. The standard InChI is InChI=1S/C22H24FN3O3S/c1-3-15(2)17-7-11-19(12-8-17)29-14-21(28)25-26-22(30)24-20(27)13-6-16-4-9-18(23)10-5-16/h4-13,15H,3,14H2,1-2H3,(H,25,28)(H2,24,26,27,30)/b13-6+. The van der Waals surface area contributed by atoms with Crippen molar-refractivity contribution < 1.29 is 18.7 Å². The maximum Gasteiger partial charge on any atom is 0.276 e. The van der Waals surface area contributed by atoms with Gasteiger partial charge in [-0.2, -0.15) is 0 Å². The van der Waals surface area contributed by atoms with Crippen LogP contribution in [0.15, 0.2) is 54.6 Å². The van der Waals surface area contributed by atoms with Crippen LogP contribution < -0.4 is 20.9 Å². The fourth-order valence-electron chi connectivity index (χ4n) is 2.37. The number of carbonyl (C=O) groups is 2. The van der Waals surface area contributed by atoms with Gasteiger partial charge in [0.15, 0.2) is 11.7 Å². The van der Waals surface area contributed by atoms with Crippen molar-refractivity contribution in [2.45, 2.75) is 26.2 Å². The molecule has 2 amide bonds. The van der Waals surface area contributed by atoms with E-state index in [0.29, 0.717) is 17.2 Å². The molecule has 1 atom stereocenters. The monoisotopic (exact) mass is 429 g/mol. The molecule has 0 radical (unpaired) electrons. The zero-order valence-corrected chi connectivity index (χ0v) is 17.6. The minimum atomic E-state index is -0.497. The van der Waals surface area contributed by atoms with E-state index < -0.39 is 11.8 Å². The third-order valence-electron chi connectivity index (χ3n) is 4.28. The van der Waals surface area contributed by atoms with Crippen LogP contribution >= 0.6 is 12.2 Å². The minimum Gasteiger partial charge on any atom is -0.484 e. The Balaban J connectivity index is 1.69. The van der Waals surface area contributed by atoms with Gasteiger partial charge in [-0.15, -0.1) is 0 Å². The molecule has 2 aromatic rings. The number of halogens is 1. The zero-order valence-electron chi connectivity index (χ0n) is 16.8. The summed E-state index contributed by atoms with van der Waals surface area (Å²) in [4.78, 5) is 23.7. The van der Waals surface area contributed by atoms with Gasteiger partial charge in [-0.25, -0.2) is 4.39 Å². The molecule has 6 nitrogen and oxygen atoms in total. The molecule has 0 aromatic heterocycles. The number of nitrogens with one attached hydrogen (secondary N) is 3. The van der Waals surface area contributed by atoms with Crippen molar-refractivity contribution in [1.29, 1.82) is 0 Å². The molecule has 0 spiro atoms. The summed E-state index contributed by atoms with van der Waals surface area (Å²) >= 11 is 4.94. The molecule has 0 heterocycles. The summed E-state index contributed by atoms with van der Waals surface area (Å²) in [6.07, 6.45) is 3.80. The van der Waals surface area contributed by atoms with Crippen LogP contribution in [0.2, 0.25) is 0 Å². The molecule has 0 aliphatic heterocycles. The van der Waals surface area contributed by atoms with Crippen molar-refractivity contribution in [3.8, 4) is 5.75 Å². The number of rotatable bonds is 7. The maximum absolute atomic E-state index is 12.8. The molecule has 0 saturated carbocycles. The zero-order chi connectivity index (χ0) is 21.9. The number of benzene rings is 2. The predicted octanol–water partition coefficient (Wildman–Crippen LogP) is 3.45. The van der Waals surface area contributed by atoms with Crippen LogP contribution in [0.25, 0.3) is 6.08 Å². The smallest absolute Gasteiger partial charge is 0.276 e. The normalized spacial score (nSPS) is 11.6. The molecule has 30 heavy (non-hydrogen) atoms. The molecular weight excluding hydrogens is 405 g/mol. The van der Waals surface area contributed by atoms with E-state index in [9.17, 15) is 14.0 Å². The third kappa shape index (κ3) is 8.00. The Morgan fingerprint density at radius 1 is 1.10 bits per heavy atom. The average molecular weight is 430 g/mol. The van der Waals surface area contributed by atoms with E-state index in [4.69, 9.17) is 17.0 Å². The number of amides is 2. The largest absolute Gasteiger partial charge is 0.484 e. The Morgan fingerprint density at radius 2 is 1.77 bits per heavy atom. The van der Waals surface area contributed by atoms with Gasteiger partial charge in [-0.05, 0) is 66.0 Å². The van der Waals surface area contributed by atoms with Gasteiger partial charge in [0.25, 0.3) is 5.91 Å². The van der Waals surface area contributed by atoms with Crippen molar-refractivity contribution in [2.24, 2.45) is 0 Å². The summed E-state index contributed by atoms with van der Waals surface area (Å²) in [5.74, 6) is -0.264. The summed E-state index contributed by atoms with van der Waals surface area (Å²) in [5.41, 5.74) is 6.64. The molecular formula is C22H24FN3O3S. The Morgan fingerprint density at radius 3 is 2.40 bits per heavy atom. The van der Waals surface area contributed by atoms with Gasteiger partial charge in [0, 0.05) is 6.08 Å². The Hall–Kier alpha value is -3.26.